The summed E-state index contributed by atoms with van der Waals surface area (Å²) in [4.78, 5) is 16.8. The lowest BCUT2D eigenvalue weighted by Gasteiger charge is -2.03. The number of aryl methyl sites for hydroxylation is 2. The Hall–Kier alpha value is -2.37. The number of pyridine rings is 1. The number of nitrogens with zero attached hydrogens (tertiary/aromatic N) is 3. The van der Waals surface area contributed by atoms with Gasteiger partial charge in [-0.15, -0.1) is 0 Å². The van der Waals surface area contributed by atoms with Gasteiger partial charge < -0.3 is 0 Å². The standard InChI is InChI=1S/C17H14Cl2N4O/c1-10-3-6-15-21-11(2)16(23(15)9-10)17(24)22-20-8-12-4-5-13(18)7-14(12)19/h3-9H,1-2H3,(H,22,24)/b20-8-. The molecule has 1 N–H and O–H groups in total. The maximum Gasteiger partial charge on any atom is 0.290 e. The average molecular weight is 361 g/mol. The molecule has 1 amide bonds. The number of nitrogens with one attached hydrogen (secondary N) is 1. The second-order valence-electron chi connectivity index (χ2n) is 5.35. The predicted molar refractivity (Wildman–Crippen MR) is 96.2 cm³/mol. The molecular weight excluding hydrogens is 347 g/mol. The van der Waals surface area contributed by atoms with Crippen molar-refractivity contribution in [1.29, 1.82) is 0 Å². The summed E-state index contributed by atoms with van der Waals surface area (Å²) in [6.07, 6.45) is 3.34. The molecule has 0 saturated carbocycles. The topological polar surface area (TPSA) is 58.8 Å². The summed E-state index contributed by atoms with van der Waals surface area (Å²) < 4.78 is 1.75. The van der Waals surface area contributed by atoms with Crippen molar-refractivity contribution in [2.75, 3.05) is 0 Å². The first-order valence-electron chi connectivity index (χ1n) is 7.19. The average Bonchev–Trinajstić information content (AvgIpc) is 2.84. The maximum atomic E-state index is 12.4. The summed E-state index contributed by atoms with van der Waals surface area (Å²) in [7, 11) is 0. The van der Waals surface area contributed by atoms with Crippen LogP contribution in [-0.2, 0) is 0 Å². The van der Waals surface area contributed by atoms with Crippen molar-refractivity contribution in [3.05, 3.63) is 69.1 Å². The number of hydrogen-bond donors (Lipinski definition) is 1. The molecule has 0 aliphatic carbocycles. The van der Waals surface area contributed by atoms with E-state index in [1.807, 2.05) is 25.3 Å². The summed E-state index contributed by atoms with van der Waals surface area (Å²) >= 11 is 11.9. The summed E-state index contributed by atoms with van der Waals surface area (Å²) in [6, 6.07) is 8.86. The summed E-state index contributed by atoms with van der Waals surface area (Å²) in [5.41, 5.74) is 6.00. The zero-order valence-electron chi connectivity index (χ0n) is 13.0. The highest BCUT2D eigenvalue weighted by molar-refractivity contribution is 6.36. The van der Waals surface area contributed by atoms with Gasteiger partial charge in [0.05, 0.1) is 16.9 Å². The van der Waals surface area contributed by atoms with Crippen molar-refractivity contribution in [2.24, 2.45) is 5.10 Å². The van der Waals surface area contributed by atoms with Crippen LogP contribution in [0.5, 0.6) is 0 Å². The predicted octanol–water partition coefficient (Wildman–Crippen LogP) is 4.02. The van der Waals surface area contributed by atoms with Crippen LogP contribution in [-0.4, -0.2) is 21.5 Å². The molecular formula is C17H14Cl2N4O. The van der Waals surface area contributed by atoms with Crippen LogP contribution in [0.3, 0.4) is 0 Å². The Bertz CT molecular complexity index is 963. The maximum absolute atomic E-state index is 12.4. The molecule has 5 nitrogen and oxygen atoms in total. The molecule has 2 aromatic heterocycles. The minimum Gasteiger partial charge on any atom is -0.295 e. The molecule has 0 bridgehead atoms. The van der Waals surface area contributed by atoms with Crippen molar-refractivity contribution in [1.82, 2.24) is 14.8 Å². The molecule has 2 heterocycles. The molecule has 3 aromatic rings. The molecule has 0 atom stereocenters. The van der Waals surface area contributed by atoms with Gasteiger partial charge in [0.2, 0.25) is 0 Å². The third-order valence-corrected chi connectivity index (χ3v) is 4.05. The Labute approximate surface area is 148 Å². The first kappa shape index (κ1) is 16.5. The van der Waals surface area contributed by atoms with Crippen LogP contribution in [0.2, 0.25) is 10.0 Å². The van der Waals surface area contributed by atoms with E-state index in [0.717, 1.165) is 5.56 Å². The van der Waals surface area contributed by atoms with Crippen molar-refractivity contribution in [3.63, 3.8) is 0 Å². The number of halogens is 2. The monoisotopic (exact) mass is 360 g/mol. The Morgan fingerprint density at radius 1 is 1.25 bits per heavy atom. The van der Waals surface area contributed by atoms with E-state index >= 15 is 0 Å². The number of carbonyl (C=O) groups is 1. The number of benzene rings is 1. The minimum absolute atomic E-state index is 0.341. The van der Waals surface area contributed by atoms with E-state index in [9.17, 15) is 4.79 Å². The van der Waals surface area contributed by atoms with Crippen LogP contribution in [0.25, 0.3) is 5.65 Å². The highest BCUT2D eigenvalue weighted by Crippen LogP contribution is 2.19. The van der Waals surface area contributed by atoms with Gasteiger partial charge in [-0.25, -0.2) is 10.4 Å². The van der Waals surface area contributed by atoms with Crippen LogP contribution < -0.4 is 5.43 Å². The number of imidazole rings is 1. The molecule has 122 valence electrons. The van der Waals surface area contributed by atoms with E-state index in [1.54, 1.807) is 29.5 Å². The Morgan fingerprint density at radius 3 is 2.79 bits per heavy atom. The number of amides is 1. The molecule has 1 aromatic carbocycles. The number of hydrazone groups is 1. The Morgan fingerprint density at radius 2 is 2.04 bits per heavy atom. The van der Waals surface area contributed by atoms with Crippen LogP contribution >= 0.6 is 23.2 Å². The van der Waals surface area contributed by atoms with Gasteiger partial charge in [0, 0.05) is 16.8 Å². The van der Waals surface area contributed by atoms with Crippen molar-refractivity contribution < 1.29 is 4.79 Å². The van der Waals surface area contributed by atoms with Gasteiger partial charge in [-0.2, -0.15) is 5.10 Å². The smallest absolute Gasteiger partial charge is 0.290 e. The van der Waals surface area contributed by atoms with Gasteiger partial charge in [-0.3, -0.25) is 9.20 Å². The zero-order valence-corrected chi connectivity index (χ0v) is 14.6. The molecule has 0 saturated heterocycles. The highest BCUT2D eigenvalue weighted by Gasteiger charge is 2.16. The number of hydrogen-bond acceptors (Lipinski definition) is 3. The van der Waals surface area contributed by atoms with E-state index in [0.29, 0.717) is 32.6 Å². The van der Waals surface area contributed by atoms with Crippen LogP contribution in [0, 0.1) is 13.8 Å². The van der Waals surface area contributed by atoms with Crippen molar-refractivity contribution >= 4 is 41.0 Å². The fourth-order valence-electron chi connectivity index (χ4n) is 2.36. The van der Waals surface area contributed by atoms with Gasteiger partial charge in [0.1, 0.15) is 11.3 Å². The van der Waals surface area contributed by atoms with Gasteiger partial charge in [-0.05, 0) is 37.6 Å². The lowest BCUT2D eigenvalue weighted by Crippen LogP contribution is -2.20. The third-order valence-electron chi connectivity index (χ3n) is 3.49. The van der Waals surface area contributed by atoms with E-state index in [2.05, 4.69) is 15.5 Å². The minimum atomic E-state index is -0.341. The first-order valence-corrected chi connectivity index (χ1v) is 7.95. The number of fused-ring (bicyclic) bond motifs is 1. The summed E-state index contributed by atoms with van der Waals surface area (Å²) in [6.45, 7) is 3.74. The Kier molecular flexibility index (Phi) is 4.55. The quantitative estimate of drug-likeness (QED) is 0.566. The van der Waals surface area contributed by atoms with Crippen LogP contribution in [0.4, 0.5) is 0 Å². The number of carbonyl (C=O) groups excluding carboxylic acids is 1. The van der Waals surface area contributed by atoms with Crippen molar-refractivity contribution in [3.8, 4) is 0 Å². The van der Waals surface area contributed by atoms with Gasteiger partial charge in [0.15, 0.2) is 0 Å². The molecule has 0 fully saturated rings. The highest BCUT2D eigenvalue weighted by atomic mass is 35.5. The lowest BCUT2D eigenvalue weighted by atomic mass is 10.2. The van der Waals surface area contributed by atoms with Crippen LogP contribution in [0.15, 0.2) is 41.6 Å². The summed E-state index contributed by atoms with van der Waals surface area (Å²) in [5, 5.41) is 4.97. The first-order chi connectivity index (χ1) is 11.5. The Balaban J connectivity index is 1.84. The second kappa shape index (κ2) is 6.63. The SMILES string of the molecule is Cc1ccc2nc(C)c(C(=O)N/N=C\c3ccc(Cl)cc3Cl)n2c1. The normalized spacial score (nSPS) is 11.3. The molecule has 0 unspecified atom stereocenters. The molecule has 0 spiro atoms. The molecule has 3 rings (SSSR count). The third kappa shape index (κ3) is 3.27. The van der Waals surface area contributed by atoms with Gasteiger partial charge in [0.25, 0.3) is 5.91 Å². The van der Waals surface area contributed by atoms with Crippen molar-refractivity contribution in [2.45, 2.75) is 13.8 Å². The number of aromatic nitrogens is 2. The molecule has 24 heavy (non-hydrogen) atoms. The fourth-order valence-corrected chi connectivity index (χ4v) is 2.82. The molecule has 0 aliphatic rings. The van der Waals surface area contributed by atoms with Gasteiger partial charge in [-0.1, -0.05) is 35.3 Å². The van der Waals surface area contributed by atoms with E-state index in [4.69, 9.17) is 23.2 Å². The second-order valence-corrected chi connectivity index (χ2v) is 6.19. The number of rotatable bonds is 3. The van der Waals surface area contributed by atoms with E-state index < -0.39 is 0 Å². The van der Waals surface area contributed by atoms with E-state index in [-0.39, 0.29) is 5.91 Å². The fraction of sp³-hybridized carbons (Fsp3) is 0.118. The zero-order chi connectivity index (χ0) is 17.3. The molecule has 0 aliphatic heterocycles. The van der Waals surface area contributed by atoms with E-state index in [1.165, 1.54) is 6.21 Å². The van der Waals surface area contributed by atoms with Gasteiger partial charge >= 0.3 is 0 Å². The van der Waals surface area contributed by atoms with Crippen LogP contribution in [0.1, 0.15) is 27.3 Å². The summed E-state index contributed by atoms with van der Waals surface area (Å²) in [5.74, 6) is -0.341. The molecule has 7 heteroatoms. The molecule has 0 radical (unpaired) electrons. The largest absolute Gasteiger partial charge is 0.295 e. The lowest BCUT2D eigenvalue weighted by molar-refractivity contribution is 0.0948.